The van der Waals surface area contributed by atoms with Gasteiger partial charge in [0.2, 0.25) is 5.79 Å². The molecule has 1 aromatic carbocycles. The van der Waals surface area contributed by atoms with E-state index >= 15 is 0 Å². The number of benzene rings is 1. The molecule has 0 saturated heterocycles. The summed E-state index contributed by atoms with van der Waals surface area (Å²) in [7, 11) is 0. The molecule has 0 bridgehead atoms. The van der Waals surface area contributed by atoms with Crippen LogP contribution in [-0.4, -0.2) is 28.1 Å². The number of carbonyl (C=O) groups is 1. The number of allylic oxidation sites excluding steroid dienone is 1. The smallest absolute Gasteiger partial charge is 0.335 e. The largest absolute Gasteiger partial charge is 0.478 e. The van der Waals surface area contributed by atoms with Crippen molar-refractivity contribution in [3.8, 4) is 0 Å². The van der Waals surface area contributed by atoms with Crippen molar-refractivity contribution in [2.75, 3.05) is 0 Å². The summed E-state index contributed by atoms with van der Waals surface area (Å²) in [5.41, 5.74) is 1.49. The molecule has 2 aliphatic rings. The number of hydrogen-bond donors (Lipinski definition) is 2. The highest BCUT2D eigenvalue weighted by molar-refractivity contribution is 5.87. The van der Waals surface area contributed by atoms with Gasteiger partial charge in [-0.1, -0.05) is 25.1 Å². The molecular weight excluding hydrogens is 308 g/mol. The van der Waals surface area contributed by atoms with Crippen LogP contribution in [0.15, 0.2) is 36.4 Å². The Bertz CT molecular complexity index is 601. The quantitative estimate of drug-likeness (QED) is 0.372. The Hall–Kier alpha value is -1.69. The Morgan fingerprint density at radius 2 is 1.83 bits per heavy atom. The Morgan fingerprint density at radius 3 is 2.38 bits per heavy atom. The lowest BCUT2D eigenvalue weighted by molar-refractivity contribution is -0.432. The Kier molecular flexibility index (Phi) is 5.04. The molecule has 0 heterocycles. The molecule has 3 rings (SSSR count). The minimum atomic E-state index is -1.30. The van der Waals surface area contributed by atoms with E-state index in [-0.39, 0.29) is 12.0 Å². The van der Waals surface area contributed by atoms with Crippen LogP contribution in [0.25, 0.3) is 0 Å². The Morgan fingerprint density at radius 1 is 1.17 bits per heavy atom. The molecule has 1 fully saturated rings. The third kappa shape index (κ3) is 3.69. The van der Waals surface area contributed by atoms with Crippen molar-refractivity contribution in [1.82, 2.24) is 0 Å². The Labute approximate surface area is 141 Å². The number of aromatic carboxylic acids is 1. The van der Waals surface area contributed by atoms with Crippen LogP contribution in [0.1, 0.15) is 60.9 Å². The maximum Gasteiger partial charge on any atom is 0.335 e. The van der Waals surface area contributed by atoms with Gasteiger partial charge in [0, 0.05) is 5.92 Å². The van der Waals surface area contributed by atoms with Gasteiger partial charge >= 0.3 is 5.97 Å². The van der Waals surface area contributed by atoms with E-state index in [2.05, 4.69) is 0 Å². The van der Waals surface area contributed by atoms with Crippen LogP contribution in [-0.2, 0) is 9.78 Å². The zero-order valence-corrected chi connectivity index (χ0v) is 13.9. The number of carboxylic acid groups (broad SMARTS) is 1. The molecule has 0 spiro atoms. The summed E-state index contributed by atoms with van der Waals surface area (Å²) in [6.07, 6.45) is 8.00. The van der Waals surface area contributed by atoms with E-state index in [1.165, 1.54) is 5.56 Å². The van der Waals surface area contributed by atoms with Crippen molar-refractivity contribution < 1.29 is 24.8 Å². The molecule has 2 unspecified atom stereocenters. The summed E-state index contributed by atoms with van der Waals surface area (Å²) in [5.74, 6) is -1.78. The van der Waals surface area contributed by atoms with Crippen LogP contribution in [0.5, 0.6) is 0 Å². The molecule has 1 saturated carbocycles. The maximum atomic E-state index is 10.9. The molecule has 5 nitrogen and oxygen atoms in total. The van der Waals surface area contributed by atoms with Crippen LogP contribution < -0.4 is 0 Å². The number of rotatable bonds is 5. The van der Waals surface area contributed by atoms with Gasteiger partial charge in [-0.3, -0.25) is 0 Å². The van der Waals surface area contributed by atoms with Crippen molar-refractivity contribution >= 4 is 5.97 Å². The van der Waals surface area contributed by atoms with Gasteiger partial charge in [0.15, 0.2) is 0 Å². The second kappa shape index (κ2) is 7.05. The van der Waals surface area contributed by atoms with Crippen LogP contribution >= 0.6 is 0 Å². The summed E-state index contributed by atoms with van der Waals surface area (Å²) in [6, 6.07) is 7.12. The lowest BCUT2D eigenvalue weighted by atomic mass is 9.82. The van der Waals surface area contributed by atoms with Crippen molar-refractivity contribution in [2.24, 2.45) is 5.92 Å². The van der Waals surface area contributed by atoms with Crippen LogP contribution in [0.2, 0.25) is 0 Å². The van der Waals surface area contributed by atoms with Crippen LogP contribution in [0.4, 0.5) is 0 Å². The average molecular weight is 332 g/mol. The van der Waals surface area contributed by atoms with Crippen molar-refractivity contribution in [3.05, 3.63) is 47.5 Å². The first-order valence-corrected chi connectivity index (χ1v) is 8.56. The van der Waals surface area contributed by atoms with E-state index in [4.69, 9.17) is 14.9 Å². The Balaban J connectivity index is 1.49. The molecule has 130 valence electrons. The zero-order valence-electron chi connectivity index (χ0n) is 13.9. The molecule has 24 heavy (non-hydrogen) atoms. The molecule has 0 amide bonds. The lowest BCUT2D eigenvalue weighted by Crippen LogP contribution is -2.36. The minimum Gasteiger partial charge on any atom is -0.478 e. The summed E-state index contributed by atoms with van der Waals surface area (Å²) in [6.45, 7) is 1.93. The van der Waals surface area contributed by atoms with Gasteiger partial charge in [-0.25, -0.2) is 9.68 Å². The minimum absolute atomic E-state index is 0.00147. The number of carboxylic acids is 1. The monoisotopic (exact) mass is 332 g/mol. The van der Waals surface area contributed by atoms with E-state index in [0.717, 1.165) is 32.1 Å². The van der Waals surface area contributed by atoms with Crippen molar-refractivity contribution in [1.29, 1.82) is 0 Å². The van der Waals surface area contributed by atoms with Gasteiger partial charge in [0.25, 0.3) is 0 Å². The summed E-state index contributed by atoms with van der Waals surface area (Å²) < 4.78 is 0. The highest BCUT2D eigenvalue weighted by atomic mass is 17.2. The molecular formula is C19H24O5. The first-order chi connectivity index (χ1) is 11.5. The number of hydrogen-bond acceptors (Lipinski definition) is 4. The van der Waals surface area contributed by atoms with Crippen LogP contribution in [0.3, 0.4) is 0 Å². The van der Waals surface area contributed by atoms with Gasteiger partial charge in [-0.05, 0) is 61.8 Å². The predicted octanol–water partition coefficient (Wildman–Crippen LogP) is 3.64. The van der Waals surface area contributed by atoms with E-state index < -0.39 is 11.8 Å². The van der Waals surface area contributed by atoms with Gasteiger partial charge < -0.3 is 10.2 Å². The van der Waals surface area contributed by atoms with Gasteiger partial charge in [-0.15, -0.1) is 0 Å². The van der Waals surface area contributed by atoms with E-state index in [0.29, 0.717) is 11.5 Å². The first-order valence-electron chi connectivity index (χ1n) is 8.56. The highest BCUT2D eigenvalue weighted by Gasteiger charge is 2.38. The second-order valence-electron chi connectivity index (χ2n) is 6.87. The standard InChI is InChI=1S/C19H24O5/c1-13-3-2-12-19(13,22)24-23-17-10-8-15(9-11-17)14-4-6-16(7-5-14)18(20)21/h2,4-7,12-13,15,17,22H,3,8-11H2,1H3,(H,20,21). The molecule has 2 atom stereocenters. The third-order valence-corrected chi connectivity index (χ3v) is 5.17. The fourth-order valence-electron chi connectivity index (χ4n) is 3.42. The molecule has 1 aromatic rings. The fourth-order valence-corrected chi connectivity index (χ4v) is 3.42. The van der Waals surface area contributed by atoms with Gasteiger partial charge in [-0.2, -0.15) is 4.89 Å². The molecule has 0 aliphatic heterocycles. The third-order valence-electron chi connectivity index (χ3n) is 5.17. The number of aliphatic hydroxyl groups is 1. The van der Waals surface area contributed by atoms with Crippen LogP contribution in [0, 0.1) is 5.92 Å². The zero-order chi connectivity index (χ0) is 17.2. The summed E-state index contributed by atoms with van der Waals surface area (Å²) >= 11 is 0. The van der Waals surface area contributed by atoms with E-state index in [1.807, 2.05) is 25.1 Å². The maximum absolute atomic E-state index is 10.9. The van der Waals surface area contributed by atoms with Crippen molar-refractivity contribution in [3.63, 3.8) is 0 Å². The molecule has 0 aromatic heterocycles. The topological polar surface area (TPSA) is 76.0 Å². The van der Waals surface area contributed by atoms with E-state index in [1.54, 1.807) is 18.2 Å². The predicted molar refractivity (Wildman–Crippen MR) is 88.4 cm³/mol. The second-order valence-corrected chi connectivity index (χ2v) is 6.87. The SMILES string of the molecule is CC1CC=CC1(O)OOC1CCC(c2ccc(C(=O)O)cc2)CC1. The van der Waals surface area contributed by atoms with Gasteiger partial charge in [0.1, 0.15) is 0 Å². The summed E-state index contributed by atoms with van der Waals surface area (Å²) in [5, 5.41) is 19.3. The lowest BCUT2D eigenvalue weighted by Gasteiger charge is -2.31. The normalized spacial score (nSPS) is 32.8. The first kappa shape index (κ1) is 17.1. The molecule has 0 radical (unpaired) electrons. The molecule has 2 aliphatic carbocycles. The van der Waals surface area contributed by atoms with Gasteiger partial charge in [0.05, 0.1) is 11.7 Å². The fraction of sp³-hybridized carbons (Fsp3) is 0.526. The highest BCUT2D eigenvalue weighted by Crippen LogP contribution is 2.36. The molecule has 2 N–H and O–H groups in total. The average Bonchev–Trinajstić information content (AvgIpc) is 2.93. The molecule has 5 heteroatoms. The van der Waals surface area contributed by atoms with Crippen molar-refractivity contribution in [2.45, 2.75) is 56.8 Å². The van der Waals surface area contributed by atoms with E-state index in [9.17, 15) is 9.90 Å². The summed E-state index contributed by atoms with van der Waals surface area (Å²) in [4.78, 5) is 21.7.